The smallest absolute Gasteiger partial charge is 0.233 e. The highest BCUT2D eigenvalue weighted by Gasteiger charge is 2.13. The quantitative estimate of drug-likeness (QED) is 0.553. The second kappa shape index (κ2) is 5.98. The van der Waals surface area contributed by atoms with Crippen molar-refractivity contribution in [2.75, 3.05) is 0 Å². The minimum absolute atomic E-state index is 0.473. The predicted octanol–water partition coefficient (Wildman–Crippen LogP) is 4.40. The Bertz CT molecular complexity index is 1050. The number of rotatable bonds is 3. The van der Waals surface area contributed by atoms with Crippen molar-refractivity contribution in [1.82, 2.24) is 19.9 Å². The molecule has 0 N–H and O–H groups in total. The van der Waals surface area contributed by atoms with E-state index in [-0.39, 0.29) is 0 Å². The van der Waals surface area contributed by atoms with Crippen LogP contribution < -0.4 is 4.74 Å². The number of furan rings is 1. The van der Waals surface area contributed by atoms with Gasteiger partial charge in [0.25, 0.3) is 0 Å². The molecule has 4 rings (SSSR count). The van der Waals surface area contributed by atoms with E-state index in [1.54, 1.807) is 18.7 Å². The fraction of sp³-hybridized carbons (Fsp3) is 0.158. The third kappa shape index (κ3) is 2.71. The van der Waals surface area contributed by atoms with Crippen LogP contribution in [-0.4, -0.2) is 19.9 Å². The third-order valence-corrected chi connectivity index (χ3v) is 4.13. The van der Waals surface area contributed by atoms with Gasteiger partial charge in [0, 0.05) is 17.0 Å². The van der Waals surface area contributed by atoms with Gasteiger partial charge in [-0.2, -0.15) is 0 Å². The van der Waals surface area contributed by atoms with Crippen LogP contribution in [0.3, 0.4) is 0 Å². The maximum Gasteiger partial charge on any atom is 0.233 e. The van der Waals surface area contributed by atoms with Gasteiger partial charge in [-0.05, 0) is 50.1 Å². The third-order valence-electron chi connectivity index (χ3n) is 4.13. The van der Waals surface area contributed by atoms with Crippen molar-refractivity contribution in [3.05, 3.63) is 60.1 Å². The molecule has 0 amide bonds. The summed E-state index contributed by atoms with van der Waals surface area (Å²) in [4.78, 5) is 16.9. The molecule has 0 radical (unpaired) electrons. The van der Waals surface area contributed by atoms with E-state index in [2.05, 4.69) is 19.9 Å². The molecule has 25 heavy (non-hydrogen) atoms. The maximum absolute atomic E-state index is 5.94. The molecule has 0 spiro atoms. The lowest BCUT2D eigenvalue weighted by molar-refractivity contribution is 0.467. The van der Waals surface area contributed by atoms with E-state index in [4.69, 9.17) is 9.15 Å². The van der Waals surface area contributed by atoms with Crippen molar-refractivity contribution in [2.24, 2.45) is 0 Å². The first-order valence-electron chi connectivity index (χ1n) is 7.89. The van der Waals surface area contributed by atoms with Gasteiger partial charge in [0.05, 0.1) is 6.26 Å². The normalized spacial score (nSPS) is 11.0. The van der Waals surface area contributed by atoms with Crippen LogP contribution >= 0.6 is 0 Å². The zero-order valence-corrected chi connectivity index (χ0v) is 14.1. The van der Waals surface area contributed by atoms with Crippen molar-refractivity contribution < 1.29 is 9.15 Å². The van der Waals surface area contributed by atoms with Crippen LogP contribution in [0, 0.1) is 20.8 Å². The largest absolute Gasteiger partial charge is 0.446 e. The molecular weight excluding hydrogens is 316 g/mol. The van der Waals surface area contributed by atoms with E-state index in [0.29, 0.717) is 17.3 Å². The molecule has 6 heteroatoms. The van der Waals surface area contributed by atoms with Crippen LogP contribution in [-0.2, 0) is 0 Å². The molecule has 0 aliphatic carbocycles. The fourth-order valence-electron chi connectivity index (χ4n) is 2.92. The van der Waals surface area contributed by atoms with Crippen molar-refractivity contribution in [2.45, 2.75) is 20.8 Å². The van der Waals surface area contributed by atoms with E-state index in [9.17, 15) is 0 Å². The van der Waals surface area contributed by atoms with Gasteiger partial charge in [0.2, 0.25) is 11.6 Å². The molecule has 0 saturated carbocycles. The Morgan fingerprint density at radius 3 is 2.40 bits per heavy atom. The van der Waals surface area contributed by atoms with E-state index < -0.39 is 0 Å². The predicted molar refractivity (Wildman–Crippen MR) is 93.6 cm³/mol. The molecule has 0 aliphatic heterocycles. The summed E-state index contributed by atoms with van der Waals surface area (Å²) in [7, 11) is 0. The van der Waals surface area contributed by atoms with Crippen molar-refractivity contribution >= 4 is 11.1 Å². The van der Waals surface area contributed by atoms with Gasteiger partial charge in [-0.1, -0.05) is 6.07 Å². The maximum atomic E-state index is 5.94. The van der Waals surface area contributed by atoms with Crippen molar-refractivity contribution in [3.8, 4) is 22.8 Å². The number of ether oxygens (including phenoxy) is 1. The van der Waals surface area contributed by atoms with E-state index in [1.165, 1.54) is 6.33 Å². The minimum Gasteiger partial charge on any atom is -0.446 e. The Labute approximate surface area is 144 Å². The first kappa shape index (κ1) is 15.3. The van der Waals surface area contributed by atoms with Crippen LogP contribution in [0.25, 0.3) is 22.2 Å². The van der Waals surface area contributed by atoms with Crippen LogP contribution in [0.1, 0.15) is 17.0 Å². The Hall–Kier alpha value is -3.28. The average molecular weight is 332 g/mol. The topological polar surface area (TPSA) is 73.9 Å². The Morgan fingerprint density at radius 2 is 1.64 bits per heavy atom. The standard InChI is InChI=1S/C19H16N4O2/c1-11-8-14(25-19-16-6-7-24-18(16)22-10-23-19)4-5-15(11)17-12(2)20-9-21-13(17)3/h4-10H,1-3H3. The Kier molecular flexibility index (Phi) is 3.65. The summed E-state index contributed by atoms with van der Waals surface area (Å²) >= 11 is 0. The highest BCUT2D eigenvalue weighted by molar-refractivity contribution is 5.79. The highest BCUT2D eigenvalue weighted by Crippen LogP contribution is 2.33. The lowest BCUT2D eigenvalue weighted by Gasteiger charge is -2.13. The molecule has 0 atom stereocenters. The zero-order chi connectivity index (χ0) is 17.4. The van der Waals surface area contributed by atoms with Gasteiger partial charge in [-0.3, -0.25) is 0 Å². The summed E-state index contributed by atoms with van der Waals surface area (Å²) in [5.74, 6) is 1.18. The van der Waals surface area contributed by atoms with Gasteiger partial charge >= 0.3 is 0 Å². The number of aromatic nitrogens is 4. The summed E-state index contributed by atoms with van der Waals surface area (Å²) in [6.45, 7) is 6.02. The van der Waals surface area contributed by atoms with Gasteiger partial charge in [-0.15, -0.1) is 0 Å². The molecule has 0 saturated heterocycles. The lowest BCUT2D eigenvalue weighted by Crippen LogP contribution is -1.97. The van der Waals surface area contributed by atoms with Crippen LogP contribution in [0.2, 0.25) is 0 Å². The first-order chi connectivity index (χ1) is 12.1. The zero-order valence-electron chi connectivity index (χ0n) is 14.1. The molecule has 4 aromatic rings. The molecule has 0 aliphatic rings. The molecule has 1 aromatic carbocycles. The van der Waals surface area contributed by atoms with E-state index in [0.717, 1.165) is 33.5 Å². The van der Waals surface area contributed by atoms with E-state index in [1.807, 2.05) is 39.0 Å². The Morgan fingerprint density at radius 1 is 0.880 bits per heavy atom. The number of hydrogen-bond acceptors (Lipinski definition) is 6. The molecule has 3 aromatic heterocycles. The number of fused-ring (bicyclic) bond motifs is 1. The van der Waals surface area contributed by atoms with Crippen LogP contribution in [0.5, 0.6) is 11.6 Å². The summed E-state index contributed by atoms with van der Waals surface area (Å²) in [6, 6.07) is 7.72. The summed E-state index contributed by atoms with van der Waals surface area (Å²) in [5.41, 5.74) is 5.66. The van der Waals surface area contributed by atoms with Crippen LogP contribution in [0.15, 0.2) is 47.6 Å². The number of hydrogen-bond donors (Lipinski definition) is 0. The average Bonchev–Trinajstić information content (AvgIpc) is 3.06. The SMILES string of the molecule is Cc1cc(Oc2ncnc3occc23)ccc1-c1c(C)ncnc1C. The molecule has 0 bridgehead atoms. The summed E-state index contributed by atoms with van der Waals surface area (Å²) < 4.78 is 11.2. The first-order valence-corrected chi connectivity index (χ1v) is 7.89. The van der Waals surface area contributed by atoms with Gasteiger partial charge in [0.1, 0.15) is 23.8 Å². The monoisotopic (exact) mass is 332 g/mol. The number of benzene rings is 1. The number of nitrogens with zero attached hydrogens (tertiary/aromatic N) is 4. The van der Waals surface area contributed by atoms with E-state index >= 15 is 0 Å². The fourth-order valence-corrected chi connectivity index (χ4v) is 2.92. The lowest BCUT2D eigenvalue weighted by atomic mass is 9.98. The molecule has 0 fully saturated rings. The molecule has 0 unspecified atom stereocenters. The van der Waals surface area contributed by atoms with Gasteiger partial charge in [0.15, 0.2) is 0 Å². The molecule has 124 valence electrons. The Balaban J connectivity index is 1.72. The van der Waals surface area contributed by atoms with Gasteiger partial charge in [-0.25, -0.2) is 19.9 Å². The molecule has 6 nitrogen and oxygen atoms in total. The number of aryl methyl sites for hydroxylation is 3. The van der Waals surface area contributed by atoms with Crippen LogP contribution in [0.4, 0.5) is 0 Å². The van der Waals surface area contributed by atoms with Crippen molar-refractivity contribution in [3.63, 3.8) is 0 Å². The summed E-state index contributed by atoms with van der Waals surface area (Å²) in [5, 5.41) is 0.743. The minimum atomic E-state index is 0.473. The van der Waals surface area contributed by atoms with Gasteiger partial charge < -0.3 is 9.15 Å². The summed E-state index contributed by atoms with van der Waals surface area (Å²) in [6.07, 6.45) is 4.59. The van der Waals surface area contributed by atoms with Crippen molar-refractivity contribution in [1.29, 1.82) is 0 Å². The second-order valence-electron chi connectivity index (χ2n) is 5.82. The second-order valence-corrected chi connectivity index (χ2v) is 5.82. The molecular formula is C19H16N4O2. The molecule has 3 heterocycles. The highest BCUT2D eigenvalue weighted by atomic mass is 16.5.